The van der Waals surface area contributed by atoms with E-state index in [-0.39, 0.29) is 35.6 Å². The van der Waals surface area contributed by atoms with Gasteiger partial charge in [-0.3, -0.25) is 14.9 Å². The van der Waals surface area contributed by atoms with E-state index in [1.807, 2.05) is 90.5 Å². The first kappa shape index (κ1) is 35.6. The molecule has 6 aromatic rings. The highest BCUT2D eigenvalue weighted by molar-refractivity contribution is 8.15. The van der Waals surface area contributed by atoms with Crippen molar-refractivity contribution in [3.63, 3.8) is 0 Å². The fourth-order valence-electron chi connectivity index (χ4n) is 6.55. The van der Waals surface area contributed by atoms with Crippen molar-refractivity contribution < 1.29 is 23.9 Å². The average Bonchev–Trinajstić information content (AvgIpc) is 3.63. The molecule has 3 N–H and O–H groups in total. The first-order valence-corrected chi connectivity index (χ1v) is 18.5. The predicted octanol–water partition coefficient (Wildman–Crippen LogP) is 9.88. The van der Waals surface area contributed by atoms with E-state index in [4.69, 9.17) is 14.5 Å². The van der Waals surface area contributed by atoms with Crippen LogP contribution in [0.25, 0.3) is 21.8 Å². The molecule has 1 saturated heterocycles. The first-order chi connectivity index (χ1) is 25.5. The summed E-state index contributed by atoms with van der Waals surface area (Å²) in [6.07, 6.45) is 0.472. The van der Waals surface area contributed by atoms with E-state index in [1.54, 1.807) is 0 Å². The number of nitrogens with one attached hydrogen (secondary N) is 3. The van der Waals surface area contributed by atoms with Gasteiger partial charge < -0.3 is 24.7 Å². The Balaban J connectivity index is 1.03. The number of carbonyl (C=O) groups is 3. The molecule has 0 bridgehead atoms. The van der Waals surface area contributed by atoms with Crippen molar-refractivity contribution in [3.8, 4) is 17.2 Å². The summed E-state index contributed by atoms with van der Waals surface area (Å²) < 4.78 is 14.4. The van der Waals surface area contributed by atoms with Crippen LogP contribution in [-0.2, 0) is 24.9 Å². The molecule has 53 heavy (non-hydrogen) atoms. The van der Waals surface area contributed by atoms with E-state index < -0.39 is 5.25 Å². The highest BCUT2D eigenvalue weighted by Gasteiger charge is 2.31. The zero-order valence-corrected chi connectivity index (χ0v) is 31.0. The molecular formula is C42H41N5O5S. The number of hydrogen-bond acceptors (Lipinski definition) is 7. The molecule has 1 aliphatic heterocycles. The van der Waals surface area contributed by atoms with Crippen molar-refractivity contribution in [1.82, 2.24) is 14.9 Å². The van der Waals surface area contributed by atoms with E-state index in [1.165, 1.54) is 0 Å². The van der Waals surface area contributed by atoms with Crippen LogP contribution in [0.5, 0.6) is 17.2 Å². The van der Waals surface area contributed by atoms with Gasteiger partial charge in [0.1, 0.15) is 29.7 Å². The number of rotatable bonds is 11. The molecule has 1 atom stereocenters. The van der Waals surface area contributed by atoms with Crippen LogP contribution in [0.4, 0.5) is 21.0 Å². The molecule has 11 heteroatoms. The summed E-state index contributed by atoms with van der Waals surface area (Å²) in [4.78, 5) is 41.6. The second-order valence-electron chi connectivity index (χ2n) is 13.7. The zero-order valence-electron chi connectivity index (χ0n) is 30.2. The lowest BCUT2D eigenvalue weighted by Crippen LogP contribution is -2.25. The number of para-hydroxylation sites is 1. The third kappa shape index (κ3) is 7.85. The van der Waals surface area contributed by atoms with Crippen molar-refractivity contribution in [1.29, 1.82) is 0 Å². The molecule has 7 rings (SSSR count). The molecule has 1 fully saturated rings. The van der Waals surface area contributed by atoms with Crippen LogP contribution in [0.1, 0.15) is 62.0 Å². The molecule has 0 saturated carbocycles. The van der Waals surface area contributed by atoms with Crippen LogP contribution in [0, 0.1) is 0 Å². The second kappa shape index (κ2) is 15.0. The van der Waals surface area contributed by atoms with Gasteiger partial charge in [-0.25, -0.2) is 9.78 Å². The van der Waals surface area contributed by atoms with Gasteiger partial charge in [-0.15, -0.1) is 0 Å². The molecular weight excluding hydrogens is 687 g/mol. The highest BCUT2D eigenvalue weighted by Crippen LogP contribution is 2.34. The number of imidazole rings is 1. The maximum atomic E-state index is 13.4. The highest BCUT2D eigenvalue weighted by atomic mass is 32.2. The summed E-state index contributed by atoms with van der Waals surface area (Å²) in [5.74, 6) is 2.96. The van der Waals surface area contributed by atoms with Crippen molar-refractivity contribution in [3.05, 3.63) is 120 Å². The van der Waals surface area contributed by atoms with Crippen molar-refractivity contribution in [2.45, 2.75) is 57.8 Å². The minimum Gasteiger partial charge on any atom is -0.486 e. The Morgan fingerprint density at radius 3 is 2.23 bits per heavy atom. The number of benzene rings is 5. The third-order valence-corrected chi connectivity index (χ3v) is 10.4. The standard InChI is InChI=1S/C42H41N5O5S/c1-24(2)31-9-7-10-32(25(3)4)39(31)45-41(49)44-34-11-6-8-27-14-17-29(21-33(27)34)52-30-18-19-35-36(22-30)47(5)38(43-35)23-51-28-15-12-26(13-16-28)20-37-40(48)46-42(50)53-37/h6-19,21-22,24-25,37H,20,23H2,1-5H3,(H2,44,45,49)(H,46,48,50). The van der Waals surface area contributed by atoms with Gasteiger partial charge in [0.2, 0.25) is 5.91 Å². The Hall–Kier alpha value is -5.81. The fraction of sp³-hybridized carbons (Fsp3) is 0.238. The topological polar surface area (TPSA) is 124 Å². The van der Waals surface area contributed by atoms with Crippen molar-refractivity contribution >= 4 is 62.1 Å². The van der Waals surface area contributed by atoms with Crippen LogP contribution in [0.15, 0.2) is 97.1 Å². The molecule has 2 heterocycles. The van der Waals surface area contributed by atoms with E-state index in [9.17, 15) is 14.4 Å². The summed E-state index contributed by atoms with van der Waals surface area (Å²) in [6, 6.07) is 30.8. The van der Waals surface area contributed by atoms with Crippen LogP contribution in [0.2, 0.25) is 0 Å². The number of amides is 4. The number of anilines is 2. The number of aryl methyl sites for hydroxylation is 1. The molecule has 10 nitrogen and oxygen atoms in total. The quantitative estimate of drug-likeness (QED) is 0.121. The Morgan fingerprint density at radius 2 is 1.53 bits per heavy atom. The molecule has 0 aliphatic carbocycles. The molecule has 5 aromatic carbocycles. The summed E-state index contributed by atoms with van der Waals surface area (Å²) in [6.45, 7) is 8.77. The second-order valence-corrected chi connectivity index (χ2v) is 14.9. The first-order valence-electron chi connectivity index (χ1n) is 17.6. The largest absolute Gasteiger partial charge is 0.486 e. The van der Waals surface area contributed by atoms with Gasteiger partial charge in [-0.2, -0.15) is 0 Å². The smallest absolute Gasteiger partial charge is 0.323 e. The maximum Gasteiger partial charge on any atom is 0.323 e. The lowest BCUT2D eigenvalue weighted by atomic mass is 9.93. The van der Waals surface area contributed by atoms with E-state index in [0.29, 0.717) is 29.4 Å². The lowest BCUT2D eigenvalue weighted by molar-refractivity contribution is -0.118. The fourth-order valence-corrected chi connectivity index (χ4v) is 7.41. The van der Waals surface area contributed by atoms with E-state index in [2.05, 4.69) is 61.8 Å². The normalized spacial score (nSPS) is 14.3. The predicted molar refractivity (Wildman–Crippen MR) is 211 cm³/mol. The van der Waals surface area contributed by atoms with E-state index >= 15 is 0 Å². The molecule has 0 spiro atoms. The number of nitrogens with zero attached hydrogens (tertiary/aromatic N) is 2. The van der Waals surface area contributed by atoms with Crippen molar-refractivity contribution in [2.24, 2.45) is 7.05 Å². The molecule has 1 unspecified atom stereocenters. The number of carbonyl (C=O) groups excluding carboxylic acids is 3. The Labute approximate surface area is 312 Å². The Morgan fingerprint density at radius 1 is 0.849 bits per heavy atom. The molecule has 4 amide bonds. The zero-order chi connectivity index (χ0) is 37.2. The SMILES string of the molecule is CC(C)c1cccc(C(C)C)c1NC(=O)Nc1cccc2ccc(Oc3ccc4nc(COc5ccc(CC6SC(=O)NC6=O)cc5)n(C)c4c3)cc12. The average molecular weight is 728 g/mol. The number of thioether (sulfide) groups is 1. The Kier molecular flexibility index (Phi) is 10.1. The number of urea groups is 1. The van der Waals surface area contributed by atoms with Gasteiger partial charge in [-0.05, 0) is 82.8 Å². The summed E-state index contributed by atoms with van der Waals surface area (Å²) >= 11 is 1.02. The van der Waals surface area contributed by atoms with Gasteiger partial charge in [0.05, 0.1) is 22.0 Å². The van der Waals surface area contributed by atoms with Crippen LogP contribution in [0.3, 0.4) is 0 Å². The molecule has 1 aromatic heterocycles. The van der Waals surface area contributed by atoms with Gasteiger partial charge >= 0.3 is 6.03 Å². The van der Waals surface area contributed by atoms with Gasteiger partial charge in [0, 0.05) is 24.2 Å². The van der Waals surface area contributed by atoms with Gasteiger partial charge in [-0.1, -0.05) is 88.0 Å². The monoisotopic (exact) mass is 727 g/mol. The number of imide groups is 1. The lowest BCUT2D eigenvalue weighted by Gasteiger charge is -2.20. The summed E-state index contributed by atoms with van der Waals surface area (Å²) in [5, 5.41) is 9.67. The number of hydrogen-bond donors (Lipinski definition) is 3. The van der Waals surface area contributed by atoms with E-state index in [0.717, 1.165) is 61.8 Å². The van der Waals surface area contributed by atoms with Gasteiger partial charge in [0.15, 0.2) is 0 Å². The number of ether oxygens (including phenoxy) is 2. The molecule has 270 valence electrons. The minimum atomic E-state index is -0.408. The molecule has 0 radical (unpaired) electrons. The van der Waals surface area contributed by atoms with Crippen LogP contribution in [-0.4, -0.2) is 32.0 Å². The van der Waals surface area contributed by atoms with Crippen molar-refractivity contribution in [2.75, 3.05) is 10.6 Å². The number of aromatic nitrogens is 2. The third-order valence-electron chi connectivity index (χ3n) is 9.37. The summed E-state index contributed by atoms with van der Waals surface area (Å²) in [5.41, 5.74) is 6.39. The maximum absolute atomic E-state index is 13.4. The summed E-state index contributed by atoms with van der Waals surface area (Å²) in [7, 11) is 1.94. The van der Waals surface area contributed by atoms with Crippen LogP contribution < -0.4 is 25.4 Å². The number of fused-ring (bicyclic) bond motifs is 2. The molecule has 1 aliphatic rings. The Bertz CT molecular complexity index is 2320. The minimum absolute atomic E-state index is 0.250. The van der Waals surface area contributed by atoms with Gasteiger partial charge in [0.25, 0.3) is 5.24 Å². The van der Waals surface area contributed by atoms with Crippen LogP contribution >= 0.6 is 11.8 Å².